The molecule has 0 saturated heterocycles. The Morgan fingerprint density at radius 3 is 1.96 bits per heavy atom. The summed E-state index contributed by atoms with van der Waals surface area (Å²) in [6, 6.07) is 66.0. The van der Waals surface area contributed by atoms with Gasteiger partial charge in [0.25, 0.3) is 0 Å². The predicted octanol–water partition coefficient (Wildman–Crippen LogP) is 13.4. The van der Waals surface area contributed by atoms with Crippen LogP contribution in [-0.4, -0.2) is 4.57 Å². The van der Waals surface area contributed by atoms with Gasteiger partial charge < -0.3 is 9.47 Å². The highest BCUT2D eigenvalue weighted by atomic mass is 32.1. The van der Waals surface area contributed by atoms with Crippen LogP contribution >= 0.6 is 11.3 Å². The molecule has 3 heteroatoms. The lowest BCUT2D eigenvalue weighted by atomic mass is 9.98. The second-order valence-electron chi connectivity index (χ2n) is 12.5. The van der Waals surface area contributed by atoms with Crippen molar-refractivity contribution in [3.63, 3.8) is 0 Å². The molecule has 0 spiro atoms. The van der Waals surface area contributed by atoms with Gasteiger partial charge in [0.2, 0.25) is 0 Å². The minimum Gasteiger partial charge on any atom is -0.308 e. The molecule has 49 heavy (non-hydrogen) atoms. The molecule has 0 bridgehead atoms. The number of hydrogen-bond donors (Lipinski definition) is 0. The number of rotatable bonds is 5. The van der Waals surface area contributed by atoms with Crippen molar-refractivity contribution < 1.29 is 0 Å². The molecule has 10 rings (SSSR count). The van der Waals surface area contributed by atoms with E-state index in [4.69, 9.17) is 0 Å². The molecule has 0 N–H and O–H groups in total. The fourth-order valence-corrected chi connectivity index (χ4v) is 8.88. The van der Waals surface area contributed by atoms with Crippen LogP contribution in [0, 0.1) is 0 Å². The van der Waals surface area contributed by atoms with E-state index in [1.807, 2.05) is 11.3 Å². The molecule has 0 amide bonds. The third-order valence-corrected chi connectivity index (χ3v) is 11.0. The van der Waals surface area contributed by atoms with E-state index < -0.39 is 0 Å². The fraction of sp³-hybridized carbons (Fsp3) is 0. The van der Waals surface area contributed by atoms with Crippen LogP contribution in [0.1, 0.15) is 0 Å². The summed E-state index contributed by atoms with van der Waals surface area (Å²) in [7, 11) is 0. The maximum Gasteiger partial charge on any atom is 0.0782 e. The quantitative estimate of drug-likeness (QED) is 0.181. The number of hydrogen-bond acceptors (Lipinski definition) is 2. The van der Waals surface area contributed by atoms with Crippen molar-refractivity contribution in [2.75, 3.05) is 4.90 Å². The van der Waals surface area contributed by atoms with Crippen molar-refractivity contribution in [1.82, 2.24) is 4.57 Å². The predicted molar refractivity (Wildman–Crippen MR) is 211 cm³/mol. The van der Waals surface area contributed by atoms with Crippen molar-refractivity contribution >= 4 is 81.1 Å². The Labute approximate surface area is 288 Å². The average molecular weight is 643 g/mol. The van der Waals surface area contributed by atoms with Gasteiger partial charge in [-0.3, -0.25) is 0 Å². The lowest BCUT2D eigenvalue weighted by molar-refractivity contribution is 1.17. The van der Waals surface area contributed by atoms with Gasteiger partial charge in [0.05, 0.1) is 16.7 Å². The van der Waals surface area contributed by atoms with E-state index in [2.05, 4.69) is 191 Å². The van der Waals surface area contributed by atoms with Crippen LogP contribution in [0.25, 0.3) is 69.6 Å². The number of thiophene rings is 1. The summed E-state index contributed by atoms with van der Waals surface area (Å²) in [5.74, 6) is 0. The molecule has 0 aliphatic heterocycles. The van der Waals surface area contributed by atoms with Gasteiger partial charge in [-0.25, -0.2) is 0 Å². The van der Waals surface area contributed by atoms with E-state index in [1.165, 1.54) is 63.9 Å². The van der Waals surface area contributed by atoms with Crippen molar-refractivity contribution in [1.29, 1.82) is 0 Å². The fourth-order valence-electron chi connectivity index (χ4n) is 7.61. The molecule has 0 atom stereocenters. The second-order valence-corrected chi connectivity index (χ2v) is 13.6. The van der Waals surface area contributed by atoms with Crippen molar-refractivity contribution in [2.24, 2.45) is 0 Å². The Bertz CT molecular complexity index is 2810. The summed E-state index contributed by atoms with van der Waals surface area (Å²) in [4.78, 5) is 2.40. The van der Waals surface area contributed by atoms with Crippen molar-refractivity contribution in [3.05, 3.63) is 182 Å². The van der Waals surface area contributed by atoms with Crippen LogP contribution in [0.5, 0.6) is 0 Å². The average Bonchev–Trinajstić information content (AvgIpc) is 3.73. The Morgan fingerprint density at radius 2 is 1.12 bits per heavy atom. The normalized spacial score (nSPS) is 11.7. The van der Waals surface area contributed by atoms with E-state index in [0.717, 1.165) is 22.7 Å². The Balaban J connectivity index is 1.18. The molecule has 10 aromatic rings. The number of nitrogens with zero attached hydrogens (tertiary/aromatic N) is 2. The highest BCUT2D eigenvalue weighted by molar-refractivity contribution is 7.26. The monoisotopic (exact) mass is 642 g/mol. The first-order chi connectivity index (χ1) is 24.3. The van der Waals surface area contributed by atoms with Gasteiger partial charge in [0.1, 0.15) is 0 Å². The van der Waals surface area contributed by atoms with E-state index in [9.17, 15) is 0 Å². The standard InChI is InChI=1S/C46H30N2S/c1-3-14-33(15-4-1)47(42-23-11-21-39-38-19-9-10-22-41(38)48(45(39)42)34-16-5-2-6-17-34)35-28-25-32(26-29-35)36-20-12-24-43-44(36)40-30-27-31-13-7-8-18-37(31)46(40)49-43/h1-30H. The van der Waals surface area contributed by atoms with Gasteiger partial charge >= 0.3 is 0 Å². The molecule has 230 valence electrons. The van der Waals surface area contributed by atoms with Crippen LogP contribution in [-0.2, 0) is 0 Å². The van der Waals surface area contributed by atoms with Gasteiger partial charge in [-0.05, 0) is 76.5 Å². The lowest BCUT2D eigenvalue weighted by Crippen LogP contribution is -2.11. The molecule has 0 radical (unpaired) electrons. The number of anilines is 3. The zero-order valence-corrected chi connectivity index (χ0v) is 27.4. The summed E-state index contributed by atoms with van der Waals surface area (Å²) in [5.41, 5.74) is 9.37. The molecule has 0 aliphatic carbocycles. The Kier molecular flexibility index (Phi) is 6.39. The molecule has 2 aromatic heterocycles. The zero-order valence-electron chi connectivity index (χ0n) is 26.6. The summed E-state index contributed by atoms with van der Waals surface area (Å²) in [6.07, 6.45) is 0. The Hall–Kier alpha value is -6.16. The van der Waals surface area contributed by atoms with Gasteiger partial charge in [-0.2, -0.15) is 0 Å². The third-order valence-electron chi connectivity index (χ3n) is 9.77. The molecular formula is C46H30N2S. The molecule has 2 heterocycles. The van der Waals surface area contributed by atoms with Crippen LogP contribution in [0.2, 0.25) is 0 Å². The Morgan fingerprint density at radius 1 is 0.449 bits per heavy atom. The zero-order chi connectivity index (χ0) is 32.3. The lowest BCUT2D eigenvalue weighted by Gasteiger charge is -2.27. The minimum absolute atomic E-state index is 1.11. The summed E-state index contributed by atoms with van der Waals surface area (Å²) < 4.78 is 5.09. The third kappa shape index (κ3) is 4.40. The number of benzene rings is 8. The maximum absolute atomic E-state index is 2.41. The van der Waals surface area contributed by atoms with Crippen LogP contribution in [0.4, 0.5) is 17.1 Å². The van der Waals surface area contributed by atoms with Crippen molar-refractivity contribution in [2.45, 2.75) is 0 Å². The van der Waals surface area contributed by atoms with Gasteiger partial charge in [-0.15, -0.1) is 11.3 Å². The number of aromatic nitrogens is 1. The molecular weight excluding hydrogens is 613 g/mol. The second kappa shape index (κ2) is 11.2. The molecule has 0 unspecified atom stereocenters. The largest absolute Gasteiger partial charge is 0.308 e. The van der Waals surface area contributed by atoms with Gasteiger partial charge in [0.15, 0.2) is 0 Å². The number of para-hydroxylation sites is 4. The number of fused-ring (bicyclic) bond motifs is 8. The molecule has 0 fully saturated rings. The van der Waals surface area contributed by atoms with Crippen LogP contribution < -0.4 is 4.90 Å². The first-order valence-corrected chi connectivity index (χ1v) is 17.5. The SMILES string of the molecule is c1ccc(N(c2ccc(-c3cccc4sc5c6ccccc6ccc5c34)cc2)c2cccc3c4ccccc4n(-c4ccccc4)c23)cc1. The molecule has 2 nitrogen and oxygen atoms in total. The highest BCUT2D eigenvalue weighted by Crippen LogP contribution is 2.45. The molecule has 0 aliphatic rings. The summed E-state index contributed by atoms with van der Waals surface area (Å²) >= 11 is 1.89. The minimum atomic E-state index is 1.11. The summed E-state index contributed by atoms with van der Waals surface area (Å²) in [5, 5.41) is 7.74. The first kappa shape index (κ1) is 27.9. The maximum atomic E-state index is 2.41. The van der Waals surface area contributed by atoms with E-state index >= 15 is 0 Å². The van der Waals surface area contributed by atoms with Gasteiger partial charge in [-0.1, -0.05) is 127 Å². The first-order valence-electron chi connectivity index (χ1n) is 16.7. The molecule has 8 aromatic carbocycles. The van der Waals surface area contributed by atoms with Gasteiger partial charge in [0, 0.05) is 48.0 Å². The smallest absolute Gasteiger partial charge is 0.0782 e. The van der Waals surface area contributed by atoms with Crippen LogP contribution in [0.15, 0.2) is 182 Å². The highest BCUT2D eigenvalue weighted by Gasteiger charge is 2.21. The summed E-state index contributed by atoms with van der Waals surface area (Å²) in [6.45, 7) is 0. The van der Waals surface area contributed by atoms with Crippen LogP contribution in [0.3, 0.4) is 0 Å². The molecule has 0 saturated carbocycles. The van der Waals surface area contributed by atoms with Crippen molar-refractivity contribution in [3.8, 4) is 16.8 Å². The van der Waals surface area contributed by atoms with E-state index in [1.54, 1.807) is 0 Å². The van der Waals surface area contributed by atoms with E-state index in [0.29, 0.717) is 0 Å². The van der Waals surface area contributed by atoms with E-state index in [-0.39, 0.29) is 0 Å². The topological polar surface area (TPSA) is 8.17 Å².